The standard InChI is InChI=1S/C10H8F3P/c1-5-3-8(10(11,12)13)7-4-6(2)14-9(5)7/h3-4H,1-2H3. The fourth-order valence-corrected chi connectivity index (χ4v) is 2.74. The van der Waals surface area contributed by atoms with E-state index in [4.69, 9.17) is 0 Å². The van der Waals surface area contributed by atoms with E-state index in [1.54, 1.807) is 13.0 Å². The largest absolute Gasteiger partial charge is 0.417 e. The van der Waals surface area contributed by atoms with E-state index < -0.39 is 11.7 Å². The number of alkyl halides is 3. The van der Waals surface area contributed by atoms with Gasteiger partial charge in [0.15, 0.2) is 0 Å². The molecule has 0 fully saturated rings. The molecule has 1 aliphatic carbocycles. The topological polar surface area (TPSA) is 0 Å². The van der Waals surface area contributed by atoms with Crippen molar-refractivity contribution in [2.45, 2.75) is 20.0 Å². The van der Waals surface area contributed by atoms with Crippen molar-refractivity contribution in [1.82, 2.24) is 0 Å². The molecular formula is C10H8F3P. The van der Waals surface area contributed by atoms with Crippen LogP contribution in [0.4, 0.5) is 13.2 Å². The van der Waals surface area contributed by atoms with Gasteiger partial charge in [-0.2, -0.15) is 13.2 Å². The lowest BCUT2D eigenvalue weighted by molar-refractivity contribution is -0.0883. The Balaban J connectivity index is 2.57. The molecule has 74 valence electrons. The lowest BCUT2D eigenvalue weighted by Crippen LogP contribution is -2.11. The second kappa shape index (κ2) is 2.83. The second-order valence-corrected chi connectivity index (χ2v) is 4.77. The molecular weight excluding hydrogens is 208 g/mol. The van der Waals surface area contributed by atoms with Gasteiger partial charge in [-0.05, 0) is 42.5 Å². The van der Waals surface area contributed by atoms with Crippen molar-refractivity contribution in [3.05, 3.63) is 34.2 Å². The minimum atomic E-state index is -4.23. The SMILES string of the molecule is CC1=CC2=C(C(F)(F)F)C=C(C)C2=P1. The molecule has 2 aliphatic rings. The fraction of sp³-hybridized carbons (Fsp3) is 0.300. The normalized spacial score (nSPS) is 21.9. The summed E-state index contributed by atoms with van der Waals surface area (Å²) in [6.07, 6.45) is -1.36. The van der Waals surface area contributed by atoms with Gasteiger partial charge in [-0.3, -0.25) is 0 Å². The predicted octanol–water partition coefficient (Wildman–Crippen LogP) is 3.84. The molecule has 2 rings (SSSR count). The van der Waals surface area contributed by atoms with Crippen molar-refractivity contribution in [1.29, 1.82) is 0 Å². The molecule has 0 amide bonds. The molecule has 0 spiro atoms. The smallest absolute Gasteiger partial charge is 0.166 e. The second-order valence-electron chi connectivity index (χ2n) is 3.40. The molecule has 0 saturated heterocycles. The Labute approximate surface area is 81.6 Å². The Morgan fingerprint density at radius 3 is 2.36 bits per heavy atom. The van der Waals surface area contributed by atoms with Crippen LogP contribution in [-0.2, 0) is 0 Å². The summed E-state index contributed by atoms with van der Waals surface area (Å²) in [6, 6.07) is 0. The van der Waals surface area contributed by atoms with Gasteiger partial charge in [-0.1, -0.05) is 8.20 Å². The fourth-order valence-electron chi connectivity index (χ4n) is 1.65. The Morgan fingerprint density at radius 2 is 1.79 bits per heavy atom. The highest BCUT2D eigenvalue weighted by Crippen LogP contribution is 2.43. The Kier molecular flexibility index (Phi) is 1.97. The molecule has 0 aromatic carbocycles. The zero-order valence-corrected chi connectivity index (χ0v) is 8.63. The summed E-state index contributed by atoms with van der Waals surface area (Å²) >= 11 is 0. The van der Waals surface area contributed by atoms with E-state index >= 15 is 0 Å². The van der Waals surface area contributed by atoms with Crippen LogP contribution >= 0.6 is 8.20 Å². The lowest BCUT2D eigenvalue weighted by atomic mass is 10.1. The molecule has 14 heavy (non-hydrogen) atoms. The van der Waals surface area contributed by atoms with Gasteiger partial charge in [0.1, 0.15) is 0 Å². The number of hydrogen-bond acceptors (Lipinski definition) is 0. The molecule has 0 saturated carbocycles. The lowest BCUT2D eigenvalue weighted by Gasteiger charge is -2.06. The quantitative estimate of drug-likeness (QED) is 0.539. The van der Waals surface area contributed by atoms with E-state index in [2.05, 4.69) is 0 Å². The van der Waals surface area contributed by atoms with E-state index in [0.717, 1.165) is 24.4 Å². The van der Waals surface area contributed by atoms with Crippen LogP contribution in [0.2, 0.25) is 0 Å². The van der Waals surface area contributed by atoms with Crippen LogP contribution in [-0.4, -0.2) is 11.5 Å². The number of halogens is 3. The third-order valence-corrected chi connectivity index (χ3v) is 3.53. The van der Waals surface area contributed by atoms with Crippen molar-refractivity contribution in [2.75, 3.05) is 0 Å². The first kappa shape index (κ1) is 9.72. The van der Waals surface area contributed by atoms with E-state index in [1.165, 1.54) is 6.08 Å². The molecule has 0 unspecified atom stereocenters. The van der Waals surface area contributed by atoms with Crippen molar-refractivity contribution >= 4 is 13.5 Å². The molecule has 4 heteroatoms. The van der Waals surface area contributed by atoms with Crippen molar-refractivity contribution in [3.63, 3.8) is 0 Å². The third-order valence-electron chi connectivity index (χ3n) is 2.23. The molecule has 0 aromatic heterocycles. The molecule has 0 radical (unpaired) electrons. The van der Waals surface area contributed by atoms with Crippen LogP contribution in [0.1, 0.15) is 13.8 Å². The van der Waals surface area contributed by atoms with Gasteiger partial charge >= 0.3 is 6.18 Å². The third kappa shape index (κ3) is 1.36. The molecule has 0 bridgehead atoms. The van der Waals surface area contributed by atoms with Gasteiger partial charge in [0.25, 0.3) is 0 Å². The molecule has 0 aromatic rings. The maximum Gasteiger partial charge on any atom is 0.417 e. The average molecular weight is 216 g/mol. The number of hydrogen-bond donors (Lipinski definition) is 0. The van der Waals surface area contributed by atoms with Crippen molar-refractivity contribution in [2.24, 2.45) is 0 Å². The zero-order valence-electron chi connectivity index (χ0n) is 7.74. The summed E-state index contributed by atoms with van der Waals surface area (Å²) in [5, 5.41) is 1.79. The van der Waals surface area contributed by atoms with Gasteiger partial charge in [0.05, 0.1) is 5.57 Å². The highest BCUT2D eigenvalue weighted by atomic mass is 31.1. The minimum Gasteiger partial charge on any atom is -0.166 e. The maximum atomic E-state index is 12.6. The van der Waals surface area contributed by atoms with Crippen LogP contribution in [0.15, 0.2) is 34.2 Å². The van der Waals surface area contributed by atoms with Gasteiger partial charge in [0.2, 0.25) is 0 Å². The summed E-state index contributed by atoms with van der Waals surface area (Å²) in [6.45, 7) is 3.58. The highest BCUT2D eigenvalue weighted by Gasteiger charge is 2.39. The molecule has 1 aliphatic heterocycles. The maximum absolute atomic E-state index is 12.6. The predicted molar refractivity (Wildman–Crippen MR) is 52.5 cm³/mol. The number of fused-ring (bicyclic) bond motifs is 1. The van der Waals surface area contributed by atoms with E-state index in [9.17, 15) is 13.2 Å². The van der Waals surface area contributed by atoms with Crippen molar-refractivity contribution < 1.29 is 13.2 Å². The van der Waals surface area contributed by atoms with Gasteiger partial charge in [0, 0.05) is 5.29 Å². The van der Waals surface area contributed by atoms with Gasteiger partial charge < -0.3 is 0 Å². The van der Waals surface area contributed by atoms with Crippen molar-refractivity contribution in [3.8, 4) is 0 Å². The summed E-state index contributed by atoms with van der Waals surface area (Å²) in [7, 11) is 0.915. The average Bonchev–Trinajstić information content (AvgIpc) is 2.49. The molecule has 0 N–H and O–H groups in total. The van der Waals surface area contributed by atoms with Crippen LogP contribution < -0.4 is 0 Å². The number of rotatable bonds is 0. The minimum absolute atomic E-state index is 0.370. The van der Waals surface area contributed by atoms with E-state index in [1.807, 2.05) is 6.92 Å². The molecule has 1 heterocycles. The number of allylic oxidation sites excluding steroid dienone is 6. The first-order chi connectivity index (χ1) is 6.39. The highest BCUT2D eigenvalue weighted by molar-refractivity contribution is 7.47. The summed E-state index contributed by atoms with van der Waals surface area (Å²) < 4.78 is 37.7. The van der Waals surface area contributed by atoms with Crippen LogP contribution in [0.25, 0.3) is 0 Å². The zero-order chi connectivity index (χ0) is 10.5. The molecule has 0 atom stereocenters. The van der Waals surface area contributed by atoms with E-state index in [0.29, 0.717) is 5.57 Å². The summed E-state index contributed by atoms with van der Waals surface area (Å²) in [5.41, 5.74) is 0.616. The summed E-state index contributed by atoms with van der Waals surface area (Å²) in [4.78, 5) is 0. The summed E-state index contributed by atoms with van der Waals surface area (Å²) in [5.74, 6) is 0. The Hall–Kier alpha value is -0.820. The Bertz CT molecular complexity index is 419. The van der Waals surface area contributed by atoms with Crippen LogP contribution in [0.3, 0.4) is 0 Å². The monoisotopic (exact) mass is 216 g/mol. The molecule has 0 nitrogen and oxygen atoms in total. The first-order valence-electron chi connectivity index (χ1n) is 4.17. The van der Waals surface area contributed by atoms with Crippen LogP contribution in [0.5, 0.6) is 0 Å². The Morgan fingerprint density at radius 1 is 1.14 bits per heavy atom. The van der Waals surface area contributed by atoms with Crippen LogP contribution in [0, 0.1) is 0 Å². The van der Waals surface area contributed by atoms with Gasteiger partial charge in [-0.25, -0.2) is 0 Å². The first-order valence-corrected chi connectivity index (χ1v) is 5.06. The van der Waals surface area contributed by atoms with Gasteiger partial charge in [-0.15, -0.1) is 0 Å². The van der Waals surface area contributed by atoms with E-state index in [-0.39, 0.29) is 0 Å².